The van der Waals surface area contributed by atoms with Crippen LogP contribution in [0.15, 0.2) is 57.8 Å². The Kier molecular flexibility index (Phi) is 3.31. The van der Waals surface area contributed by atoms with E-state index in [2.05, 4.69) is 20.9 Å². The molecule has 5 nitrogen and oxygen atoms in total. The standard InChI is InChI=1S/C15H9BrN2O3/c16-13-11-3-1-2-4-12(11)15(19)17-14(13)9-5-7-10(8-6-9)18(20)21/h1-8H,(H,17,19). The number of rotatable bonds is 2. The second-order valence-corrected chi connectivity index (χ2v) is 5.29. The van der Waals surface area contributed by atoms with E-state index in [4.69, 9.17) is 0 Å². The molecule has 0 unspecified atom stereocenters. The Labute approximate surface area is 127 Å². The summed E-state index contributed by atoms with van der Waals surface area (Å²) in [5, 5.41) is 12.1. The Hall–Kier alpha value is -2.47. The van der Waals surface area contributed by atoms with Gasteiger partial charge in [-0.2, -0.15) is 0 Å². The van der Waals surface area contributed by atoms with Gasteiger partial charge in [0.15, 0.2) is 0 Å². The van der Waals surface area contributed by atoms with Crippen LogP contribution in [0.5, 0.6) is 0 Å². The number of nitro groups is 1. The van der Waals surface area contributed by atoms with Crippen molar-refractivity contribution in [2.75, 3.05) is 0 Å². The van der Waals surface area contributed by atoms with E-state index in [9.17, 15) is 14.9 Å². The van der Waals surface area contributed by atoms with E-state index in [1.54, 1.807) is 24.3 Å². The third kappa shape index (κ3) is 2.34. The van der Waals surface area contributed by atoms with Gasteiger partial charge in [0, 0.05) is 27.4 Å². The second-order valence-electron chi connectivity index (χ2n) is 4.49. The molecule has 0 saturated heterocycles. The Morgan fingerprint density at radius 1 is 1.00 bits per heavy atom. The number of nitrogens with one attached hydrogen (secondary N) is 1. The van der Waals surface area contributed by atoms with Crippen molar-refractivity contribution in [1.82, 2.24) is 4.98 Å². The highest BCUT2D eigenvalue weighted by Crippen LogP contribution is 2.31. The topological polar surface area (TPSA) is 76.0 Å². The number of pyridine rings is 1. The number of benzene rings is 2. The predicted octanol–water partition coefficient (Wildman–Crippen LogP) is 3.87. The van der Waals surface area contributed by atoms with Gasteiger partial charge >= 0.3 is 0 Å². The van der Waals surface area contributed by atoms with Crippen LogP contribution in [0.2, 0.25) is 0 Å². The SMILES string of the molecule is O=c1[nH]c(-c2ccc([N+](=O)[O-])cc2)c(Br)c2ccccc12. The van der Waals surface area contributed by atoms with Crippen molar-refractivity contribution in [3.63, 3.8) is 0 Å². The quantitative estimate of drug-likeness (QED) is 0.566. The fourth-order valence-electron chi connectivity index (χ4n) is 2.19. The zero-order valence-electron chi connectivity index (χ0n) is 10.7. The van der Waals surface area contributed by atoms with E-state index in [1.807, 2.05) is 12.1 Å². The molecule has 0 bridgehead atoms. The summed E-state index contributed by atoms with van der Waals surface area (Å²) in [4.78, 5) is 25.2. The number of fused-ring (bicyclic) bond motifs is 1. The zero-order valence-corrected chi connectivity index (χ0v) is 12.3. The minimum absolute atomic E-state index is 0.0120. The Balaban J connectivity index is 2.23. The van der Waals surface area contributed by atoms with Gasteiger partial charge in [-0.05, 0) is 39.7 Å². The lowest BCUT2D eigenvalue weighted by Gasteiger charge is -2.08. The fraction of sp³-hybridized carbons (Fsp3) is 0. The molecule has 0 aliphatic rings. The molecule has 0 amide bonds. The lowest BCUT2D eigenvalue weighted by atomic mass is 10.1. The average molecular weight is 345 g/mol. The third-order valence-corrected chi connectivity index (χ3v) is 4.06. The number of hydrogen-bond acceptors (Lipinski definition) is 3. The number of aromatic amines is 1. The van der Waals surface area contributed by atoms with Crippen LogP contribution < -0.4 is 5.56 Å². The van der Waals surface area contributed by atoms with Crippen molar-refractivity contribution in [2.24, 2.45) is 0 Å². The first-order valence-corrected chi connectivity index (χ1v) is 6.92. The van der Waals surface area contributed by atoms with E-state index in [0.717, 1.165) is 9.86 Å². The van der Waals surface area contributed by atoms with Gasteiger partial charge in [0.05, 0.1) is 10.6 Å². The Morgan fingerprint density at radius 3 is 2.24 bits per heavy atom. The van der Waals surface area contributed by atoms with Crippen molar-refractivity contribution in [3.05, 3.63) is 73.5 Å². The van der Waals surface area contributed by atoms with E-state index in [1.165, 1.54) is 12.1 Å². The van der Waals surface area contributed by atoms with Crippen LogP contribution in [0.3, 0.4) is 0 Å². The van der Waals surface area contributed by atoms with Gasteiger partial charge in [-0.1, -0.05) is 18.2 Å². The zero-order chi connectivity index (χ0) is 15.0. The van der Waals surface area contributed by atoms with Crippen molar-refractivity contribution in [2.45, 2.75) is 0 Å². The molecule has 0 aliphatic heterocycles. The summed E-state index contributed by atoms with van der Waals surface area (Å²) < 4.78 is 0.756. The van der Waals surface area contributed by atoms with Crippen LogP contribution in [-0.2, 0) is 0 Å². The molecule has 104 valence electrons. The smallest absolute Gasteiger partial charge is 0.269 e. The number of hydrogen-bond donors (Lipinski definition) is 1. The molecule has 1 heterocycles. The number of non-ortho nitro benzene ring substituents is 1. The fourth-order valence-corrected chi connectivity index (χ4v) is 2.87. The molecule has 3 rings (SSSR count). The van der Waals surface area contributed by atoms with Crippen molar-refractivity contribution < 1.29 is 4.92 Å². The molecule has 0 aliphatic carbocycles. The lowest BCUT2D eigenvalue weighted by molar-refractivity contribution is -0.384. The molecule has 0 radical (unpaired) electrons. The molecule has 0 spiro atoms. The van der Waals surface area contributed by atoms with Crippen LogP contribution in [0.25, 0.3) is 22.0 Å². The Morgan fingerprint density at radius 2 is 1.62 bits per heavy atom. The molecule has 2 aromatic carbocycles. The molecule has 1 aromatic heterocycles. The van der Waals surface area contributed by atoms with Gasteiger partial charge in [0.25, 0.3) is 11.2 Å². The first-order valence-electron chi connectivity index (χ1n) is 6.13. The molecule has 0 saturated carbocycles. The van der Waals surface area contributed by atoms with E-state index in [0.29, 0.717) is 16.6 Å². The van der Waals surface area contributed by atoms with Gasteiger partial charge in [0.2, 0.25) is 0 Å². The summed E-state index contributed by atoms with van der Waals surface area (Å²) in [7, 11) is 0. The van der Waals surface area contributed by atoms with Crippen LogP contribution >= 0.6 is 15.9 Å². The predicted molar refractivity (Wildman–Crippen MR) is 84.4 cm³/mol. The lowest BCUT2D eigenvalue weighted by Crippen LogP contribution is -2.08. The van der Waals surface area contributed by atoms with Crippen molar-refractivity contribution in [1.29, 1.82) is 0 Å². The van der Waals surface area contributed by atoms with Crippen molar-refractivity contribution in [3.8, 4) is 11.3 Å². The molecule has 0 atom stereocenters. The van der Waals surface area contributed by atoms with Gasteiger partial charge < -0.3 is 4.98 Å². The largest absolute Gasteiger partial charge is 0.320 e. The number of nitrogens with zero attached hydrogens (tertiary/aromatic N) is 1. The summed E-state index contributed by atoms with van der Waals surface area (Å²) in [5.41, 5.74) is 1.13. The minimum atomic E-state index is -0.456. The maximum absolute atomic E-state index is 12.1. The highest BCUT2D eigenvalue weighted by atomic mass is 79.9. The summed E-state index contributed by atoms with van der Waals surface area (Å²) in [6.07, 6.45) is 0. The van der Waals surface area contributed by atoms with E-state index >= 15 is 0 Å². The highest BCUT2D eigenvalue weighted by molar-refractivity contribution is 9.10. The molecule has 3 aromatic rings. The summed E-state index contributed by atoms with van der Waals surface area (Å²) in [6.45, 7) is 0. The van der Waals surface area contributed by atoms with Crippen LogP contribution in [-0.4, -0.2) is 9.91 Å². The number of halogens is 1. The first-order chi connectivity index (χ1) is 10.1. The molecule has 6 heteroatoms. The van der Waals surface area contributed by atoms with E-state index < -0.39 is 4.92 Å². The van der Waals surface area contributed by atoms with Gasteiger partial charge in [-0.3, -0.25) is 14.9 Å². The minimum Gasteiger partial charge on any atom is -0.320 e. The molecule has 0 fully saturated rings. The first kappa shape index (κ1) is 13.5. The normalized spacial score (nSPS) is 10.7. The van der Waals surface area contributed by atoms with E-state index in [-0.39, 0.29) is 11.2 Å². The molecule has 1 N–H and O–H groups in total. The molecule has 21 heavy (non-hydrogen) atoms. The molecular weight excluding hydrogens is 336 g/mol. The number of H-pyrrole nitrogens is 1. The monoisotopic (exact) mass is 344 g/mol. The van der Waals surface area contributed by atoms with Crippen molar-refractivity contribution >= 4 is 32.4 Å². The maximum atomic E-state index is 12.1. The summed E-state index contributed by atoms with van der Waals surface area (Å²) in [5.74, 6) is 0. The number of aromatic nitrogens is 1. The number of nitro benzene ring substituents is 1. The van der Waals surface area contributed by atoms with Gasteiger partial charge in [0.1, 0.15) is 0 Å². The van der Waals surface area contributed by atoms with Crippen LogP contribution in [0, 0.1) is 10.1 Å². The average Bonchev–Trinajstić information content (AvgIpc) is 2.51. The maximum Gasteiger partial charge on any atom is 0.269 e. The van der Waals surface area contributed by atoms with Crippen LogP contribution in [0.1, 0.15) is 0 Å². The summed E-state index contributed by atoms with van der Waals surface area (Å²) >= 11 is 3.50. The summed E-state index contributed by atoms with van der Waals surface area (Å²) in [6, 6.07) is 13.3. The van der Waals surface area contributed by atoms with Crippen LogP contribution in [0.4, 0.5) is 5.69 Å². The Bertz CT molecular complexity index is 901. The van der Waals surface area contributed by atoms with Gasteiger partial charge in [-0.15, -0.1) is 0 Å². The second kappa shape index (κ2) is 5.14. The highest BCUT2D eigenvalue weighted by Gasteiger charge is 2.12. The third-order valence-electron chi connectivity index (χ3n) is 3.23. The molecular formula is C15H9BrN2O3. The van der Waals surface area contributed by atoms with Gasteiger partial charge in [-0.25, -0.2) is 0 Å².